The molecule has 2 aliphatic rings. The van der Waals surface area contributed by atoms with Gasteiger partial charge in [0.25, 0.3) is 0 Å². The molecule has 2 heterocycles. The van der Waals surface area contributed by atoms with Crippen molar-refractivity contribution in [1.82, 2.24) is 10.2 Å². The van der Waals surface area contributed by atoms with Crippen LogP contribution in [0.1, 0.15) is 18.6 Å². The van der Waals surface area contributed by atoms with E-state index < -0.39 is 0 Å². The fourth-order valence-corrected chi connectivity index (χ4v) is 3.22. The van der Waals surface area contributed by atoms with Crippen molar-refractivity contribution in [3.63, 3.8) is 0 Å². The first-order chi connectivity index (χ1) is 10.6. The zero-order valence-electron chi connectivity index (χ0n) is 12.9. The second kappa shape index (κ2) is 8.04. The quantitative estimate of drug-likeness (QED) is 0.877. The lowest BCUT2D eigenvalue weighted by Crippen LogP contribution is -2.52. The Labute approximate surface area is 152 Å². The molecule has 1 aromatic rings. The van der Waals surface area contributed by atoms with Gasteiger partial charge in [-0.25, -0.2) is 0 Å². The molecule has 0 bridgehead atoms. The maximum Gasteiger partial charge on any atom is 0.225 e. The van der Waals surface area contributed by atoms with Crippen molar-refractivity contribution in [2.75, 3.05) is 32.8 Å². The molecule has 0 saturated carbocycles. The lowest BCUT2D eigenvalue weighted by Gasteiger charge is -2.38. The molecule has 23 heavy (non-hydrogen) atoms. The Balaban J connectivity index is 0.00000192. The lowest BCUT2D eigenvalue weighted by molar-refractivity contribution is -0.145. The molecule has 1 aromatic carbocycles. The highest BCUT2D eigenvalue weighted by atomic mass is 35.5. The van der Waals surface area contributed by atoms with E-state index >= 15 is 0 Å². The molecule has 2 saturated heterocycles. The third kappa shape index (κ3) is 4.12. The summed E-state index contributed by atoms with van der Waals surface area (Å²) >= 11 is 12.0. The average Bonchev–Trinajstić information content (AvgIpc) is 2.47. The molecule has 3 rings (SSSR count). The van der Waals surface area contributed by atoms with Gasteiger partial charge in [0.1, 0.15) is 6.10 Å². The number of rotatable bonds is 3. The number of halogens is 3. The molecular formula is C16H21Cl3N2O2. The molecule has 1 N–H and O–H groups in total. The third-order valence-corrected chi connectivity index (χ3v) is 5.34. The Morgan fingerprint density at radius 2 is 2.09 bits per heavy atom. The molecule has 7 heteroatoms. The number of carbonyl (C=O) groups excluding carboxylic acids is 1. The fraction of sp³-hybridized carbons (Fsp3) is 0.562. The molecule has 0 spiro atoms. The van der Waals surface area contributed by atoms with Crippen LogP contribution in [-0.2, 0) is 9.53 Å². The molecule has 0 aliphatic carbocycles. The molecule has 2 unspecified atom stereocenters. The van der Waals surface area contributed by atoms with Crippen LogP contribution in [0.3, 0.4) is 0 Å². The predicted molar refractivity (Wildman–Crippen MR) is 94.5 cm³/mol. The summed E-state index contributed by atoms with van der Waals surface area (Å²) < 4.78 is 5.81. The highest BCUT2D eigenvalue weighted by Gasteiger charge is 2.34. The first-order valence-corrected chi connectivity index (χ1v) is 8.38. The summed E-state index contributed by atoms with van der Waals surface area (Å²) in [6.07, 6.45) is -0.140. The second-order valence-electron chi connectivity index (χ2n) is 6.02. The van der Waals surface area contributed by atoms with Crippen molar-refractivity contribution in [3.05, 3.63) is 33.8 Å². The van der Waals surface area contributed by atoms with Crippen molar-refractivity contribution in [1.29, 1.82) is 0 Å². The number of ether oxygens (including phenoxy) is 1. The summed E-state index contributed by atoms with van der Waals surface area (Å²) in [6, 6.07) is 5.50. The lowest BCUT2D eigenvalue weighted by atomic mass is 9.87. The molecule has 1 amide bonds. The monoisotopic (exact) mass is 378 g/mol. The van der Waals surface area contributed by atoms with Gasteiger partial charge in [-0.3, -0.25) is 4.79 Å². The Hall–Kier alpha value is -0.520. The summed E-state index contributed by atoms with van der Waals surface area (Å²) in [5, 5.41) is 4.27. The first kappa shape index (κ1) is 18.8. The van der Waals surface area contributed by atoms with Gasteiger partial charge >= 0.3 is 0 Å². The number of hydrogen-bond acceptors (Lipinski definition) is 3. The fourth-order valence-electron chi connectivity index (χ4n) is 2.92. The molecular weight excluding hydrogens is 359 g/mol. The molecule has 0 radical (unpaired) electrons. The minimum absolute atomic E-state index is 0. The van der Waals surface area contributed by atoms with Crippen LogP contribution in [0.4, 0.5) is 0 Å². The number of benzene rings is 1. The molecule has 2 atom stereocenters. The van der Waals surface area contributed by atoms with E-state index in [9.17, 15) is 4.79 Å². The number of morpholine rings is 1. The van der Waals surface area contributed by atoms with Crippen LogP contribution in [0.2, 0.25) is 10.0 Å². The highest BCUT2D eigenvalue weighted by Crippen LogP contribution is 2.30. The van der Waals surface area contributed by atoms with Crippen molar-refractivity contribution < 1.29 is 9.53 Å². The normalized spacial score (nSPS) is 22.9. The van der Waals surface area contributed by atoms with Gasteiger partial charge in [-0.2, -0.15) is 0 Å². The van der Waals surface area contributed by atoms with Gasteiger partial charge < -0.3 is 15.0 Å². The van der Waals surface area contributed by atoms with Crippen LogP contribution in [0.5, 0.6) is 0 Å². The zero-order chi connectivity index (χ0) is 15.7. The van der Waals surface area contributed by atoms with Crippen LogP contribution in [0.25, 0.3) is 0 Å². The van der Waals surface area contributed by atoms with Gasteiger partial charge in [0.05, 0.1) is 23.2 Å². The number of amides is 1. The van der Waals surface area contributed by atoms with Gasteiger partial charge in [0.15, 0.2) is 0 Å². The van der Waals surface area contributed by atoms with E-state index in [0.29, 0.717) is 35.7 Å². The van der Waals surface area contributed by atoms with E-state index in [-0.39, 0.29) is 30.3 Å². The van der Waals surface area contributed by atoms with E-state index in [4.69, 9.17) is 27.9 Å². The number of carbonyl (C=O) groups is 1. The van der Waals surface area contributed by atoms with Gasteiger partial charge in [-0.05, 0) is 36.7 Å². The van der Waals surface area contributed by atoms with E-state index in [0.717, 1.165) is 18.7 Å². The highest BCUT2D eigenvalue weighted by molar-refractivity contribution is 6.42. The smallest absolute Gasteiger partial charge is 0.225 e. The van der Waals surface area contributed by atoms with Crippen molar-refractivity contribution in [3.8, 4) is 0 Å². The van der Waals surface area contributed by atoms with Gasteiger partial charge in [0.2, 0.25) is 5.91 Å². The minimum Gasteiger partial charge on any atom is -0.370 e. The summed E-state index contributed by atoms with van der Waals surface area (Å²) in [5.41, 5.74) is 0.963. The van der Waals surface area contributed by atoms with Crippen LogP contribution in [0.15, 0.2) is 18.2 Å². The van der Waals surface area contributed by atoms with Crippen LogP contribution in [-0.4, -0.2) is 43.6 Å². The van der Waals surface area contributed by atoms with Gasteiger partial charge in [-0.1, -0.05) is 36.2 Å². The molecule has 2 aliphatic heterocycles. The van der Waals surface area contributed by atoms with E-state index in [1.54, 1.807) is 6.07 Å². The number of nitrogens with zero attached hydrogens (tertiary/aromatic N) is 1. The zero-order valence-corrected chi connectivity index (χ0v) is 15.3. The largest absolute Gasteiger partial charge is 0.370 e. The summed E-state index contributed by atoms with van der Waals surface area (Å²) in [4.78, 5) is 14.5. The molecule has 0 aromatic heterocycles. The van der Waals surface area contributed by atoms with E-state index in [1.807, 2.05) is 24.0 Å². The van der Waals surface area contributed by atoms with Crippen molar-refractivity contribution >= 4 is 41.5 Å². The molecule has 128 valence electrons. The SMILES string of the molecule is CC(C(=O)N1CCOC(c2ccc(Cl)c(Cl)c2)C1)C1CNC1.Cl. The van der Waals surface area contributed by atoms with Gasteiger partial charge in [-0.15, -0.1) is 12.4 Å². The number of hydrogen-bond donors (Lipinski definition) is 1. The maximum absolute atomic E-state index is 12.6. The number of nitrogens with one attached hydrogen (secondary N) is 1. The standard InChI is InChI=1S/C16H20Cl2N2O2.ClH/c1-10(12-7-19-8-12)16(21)20-4-5-22-15(9-20)11-2-3-13(17)14(18)6-11;/h2-3,6,10,12,15,19H,4-5,7-9H2,1H3;1H. The minimum atomic E-state index is -0.140. The third-order valence-electron chi connectivity index (χ3n) is 4.60. The molecule has 4 nitrogen and oxygen atoms in total. The Kier molecular flexibility index (Phi) is 6.57. The van der Waals surface area contributed by atoms with Gasteiger partial charge in [0, 0.05) is 12.5 Å². The molecule has 2 fully saturated rings. The predicted octanol–water partition coefficient (Wildman–Crippen LogP) is 3.17. The summed E-state index contributed by atoms with van der Waals surface area (Å²) in [5.74, 6) is 0.743. The topological polar surface area (TPSA) is 41.6 Å². The average molecular weight is 380 g/mol. The Bertz CT molecular complexity index is 566. The van der Waals surface area contributed by atoms with Crippen LogP contribution < -0.4 is 5.32 Å². The van der Waals surface area contributed by atoms with Crippen LogP contribution in [0, 0.1) is 11.8 Å². The Morgan fingerprint density at radius 3 is 2.70 bits per heavy atom. The van der Waals surface area contributed by atoms with E-state index in [2.05, 4.69) is 5.32 Å². The van der Waals surface area contributed by atoms with Crippen molar-refractivity contribution in [2.45, 2.75) is 13.0 Å². The Morgan fingerprint density at radius 1 is 1.35 bits per heavy atom. The summed E-state index contributed by atoms with van der Waals surface area (Å²) in [6.45, 7) is 5.67. The first-order valence-electron chi connectivity index (χ1n) is 7.62. The maximum atomic E-state index is 12.6. The van der Waals surface area contributed by atoms with E-state index in [1.165, 1.54) is 0 Å². The summed E-state index contributed by atoms with van der Waals surface area (Å²) in [7, 11) is 0. The van der Waals surface area contributed by atoms with Crippen LogP contribution >= 0.6 is 35.6 Å². The second-order valence-corrected chi connectivity index (χ2v) is 6.84. The van der Waals surface area contributed by atoms with Crippen molar-refractivity contribution in [2.24, 2.45) is 11.8 Å².